The minimum Gasteiger partial charge on any atom is -0.421 e. The Hall–Kier alpha value is -1.93. The van der Waals surface area contributed by atoms with Crippen LogP contribution in [-0.4, -0.2) is 25.2 Å². The Labute approximate surface area is 154 Å². The van der Waals surface area contributed by atoms with E-state index in [0.29, 0.717) is 16.5 Å². The Morgan fingerprint density at radius 1 is 0.960 bits per heavy atom. The smallest absolute Gasteiger partial charge is 0.249 e. The van der Waals surface area contributed by atoms with Gasteiger partial charge in [0.05, 0.1) is 15.6 Å². The van der Waals surface area contributed by atoms with E-state index < -0.39 is 10.0 Å². The quantitative estimate of drug-likeness (QED) is 0.686. The van der Waals surface area contributed by atoms with Crippen LogP contribution in [0.4, 0.5) is 0 Å². The average Bonchev–Trinajstić information content (AvgIpc) is 3.04. The lowest BCUT2D eigenvalue weighted by Crippen LogP contribution is -2.26. The van der Waals surface area contributed by atoms with Crippen molar-refractivity contribution < 1.29 is 12.8 Å². The fourth-order valence-electron chi connectivity index (χ4n) is 2.13. The number of benzene rings is 2. The van der Waals surface area contributed by atoms with Gasteiger partial charge >= 0.3 is 0 Å². The van der Waals surface area contributed by atoms with Crippen LogP contribution in [0, 0.1) is 0 Å². The van der Waals surface area contributed by atoms with Gasteiger partial charge in [-0.3, -0.25) is 0 Å². The van der Waals surface area contributed by atoms with E-state index in [2.05, 4.69) is 14.9 Å². The third kappa shape index (κ3) is 4.19. The Kier molecular flexibility index (Phi) is 5.39. The molecule has 0 radical (unpaired) electrons. The van der Waals surface area contributed by atoms with Crippen LogP contribution in [0.25, 0.3) is 11.5 Å². The van der Waals surface area contributed by atoms with Crippen LogP contribution in [-0.2, 0) is 16.4 Å². The molecule has 0 unspecified atom stereocenters. The highest BCUT2D eigenvalue weighted by molar-refractivity contribution is 7.89. The van der Waals surface area contributed by atoms with Crippen molar-refractivity contribution in [3.63, 3.8) is 0 Å². The second-order valence-corrected chi connectivity index (χ2v) is 7.61. The fraction of sp³-hybridized carbons (Fsp3) is 0.125. The van der Waals surface area contributed by atoms with Crippen molar-refractivity contribution in [2.24, 2.45) is 0 Å². The Morgan fingerprint density at radius 2 is 1.64 bits per heavy atom. The second kappa shape index (κ2) is 7.53. The molecule has 130 valence electrons. The molecule has 6 nitrogen and oxygen atoms in total. The fourth-order valence-corrected chi connectivity index (χ4v) is 3.90. The number of nitrogens with one attached hydrogen (secondary N) is 1. The summed E-state index contributed by atoms with van der Waals surface area (Å²) in [5, 5.41) is 8.50. The molecule has 9 heteroatoms. The van der Waals surface area contributed by atoms with E-state index in [-0.39, 0.29) is 28.8 Å². The third-order valence-electron chi connectivity index (χ3n) is 3.33. The summed E-state index contributed by atoms with van der Waals surface area (Å²) in [6.07, 6.45) is 0.237. The van der Waals surface area contributed by atoms with Crippen molar-refractivity contribution >= 4 is 33.2 Å². The Bertz CT molecular complexity index is 990. The summed E-state index contributed by atoms with van der Waals surface area (Å²) >= 11 is 12.0. The van der Waals surface area contributed by atoms with E-state index >= 15 is 0 Å². The van der Waals surface area contributed by atoms with Gasteiger partial charge in [-0.1, -0.05) is 47.5 Å². The summed E-state index contributed by atoms with van der Waals surface area (Å²) in [5.74, 6) is 0.589. The summed E-state index contributed by atoms with van der Waals surface area (Å²) in [7, 11) is -3.71. The SMILES string of the molecule is O=S(=O)(NCCc1nnc(-c2ccccc2Cl)o1)c1ccccc1Cl. The van der Waals surface area contributed by atoms with Gasteiger partial charge in [-0.2, -0.15) is 0 Å². The van der Waals surface area contributed by atoms with Crippen molar-refractivity contribution in [1.82, 2.24) is 14.9 Å². The van der Waals surface area contributed by atoms with E-state index in [9.17, 15) is 8.42 Å². The minimum atomic E-state index is -3.71. The number of hydrogen-bond acceptors (Lipinski definition) is 5. The number of sulfonamides is 1. The standard InChI is InChI=1S/C16H13Cl2N3O3S/c17-12-6-2-1-5-11(12)16-21-20-15(24-16)9-10-19-25(22,23)14-8-4-3-7-13(14)18/h1-8,19H,9-10H2. The zero-order valence-electron chi connectivity index (χ0n) is 12.8. The maximum absolute atomic E-state index is 12.2. The Morgan fingerprint density at radius 3 is 2.36 bits per heavy atom. The molecule has 0 bridgehead atoms. The van der Waals surface area contributed by atoms with Crippen molar-refractivity contribution in [3.05, 3.63) is 64.5 Å². The van der Waals surface area contributed by atoms with Crippen LogP contribution >= 0.6 is 23.2 Å². The summed E-state index contributed by atoms with van der Waals surface area (Å²) < 4.78 is 32.5. The molecule has 1 aromatic heterocycles. The molecule has 0 saturated carbocycles. The van der Waals surface area contributed by atoms with Gasteiger partial charge in [0, 0.05) is 13.0 Å². The first-order valence-electron chi connectivity index (χ1n) is 7.29. The molecule has 2 aromatic carbocycles. The number of rotatable bonds is 6. The molecule has 0 spiro atoms. The van der Waals surface area contributed by atoms with Gasteiger partial charge in [-0.15, -0.1) is 10.2 Å². The minimum absolute atomic E-state index is 0.0268. The van der Waals surface area contributed by atoms with Crippen molar-refractivity contribution in [1.29, 1.82) is 0 Å². The zero-order chi connectivity index (χ0) is 17.9. The average molecular weight is 398 g/mol. The first kappa shape index (κ1) is 17.9. The largest absolute Gasteiger partial charge is 0.421 e. The molecule has 1 N–H and O–H groups in total. The zero-order valence-corrected chi connectivity index (χ0v) is 15.1. The normalized spacial score (nSPS) is 11.6. The molecular formula is C16H13Cl2N3O3S. The lowest BCUT2D eigenvalue weighted by atomic mass is 10.2. The lowest BCUT2D eigenvalue weighted by Gasteiger charge is -2.06. The van der Waals surface area contributed by atoms with E-state index in [1.165, 1.54) is 12.1 Å². The molecule has 0 aliphatic carbocycles. The van der Waals surface area contributed by atoms with Crippen LogP contribution in [0.5, 0.6) is 0 Å². The first-order valence-corrected chi connectivity index (χ1v) is 9.53. The van der Waals surface area contributed by atoms with E-state index in [4.69, 9.17) is 27.6 Å². The highest BCUT2D eigenvalue weighted by atomic mass is 35.5. The monoisotopic (exact) mass is 397 g/mol. The molecule has 3 rings (SSSR count). The van der Waals surface area contributed by atoms with Gasteiger partial charge in [0.1, 0.15) is 4.90 Å². The number of nitrogens with zero attached hydrogens (tertiary/aromatic N) is 2. The van der Waals surface area contributed by atoms with Crippen LogP contribution < -0.4 is 4.72 Å². The second-order valence-electron chi connectivity index (χ2n) is 5.06. The van der Waals surface area contributed by atoms with Gasteiger partial charge in [0.2, 0.25) is 21.8 Å². The van der Waals surface area contributed by atoms with Crippen LogP contribution in [0.1, 0.15) is 5.89 Å². The molecule has 1 heterocycles. The molecule has 25 heavy (non-hydrogen) atoms. The number of hydrogen-bond donors (Lipinski definition) is 1. The highest BCUT2D eigenvalue weighted by Crippen LogP contribution is 2.26. The van der Waals surface area contributed by atoms with Crippen molar-refractivity contribution in [2.45, 2.75) is 11.3 Å². The maximum atomic E-state index is 12.2. The van der Waals surface area contributed by atoms with Gasteiger partial charge in [0.25, 0.3) is 0 Å². The first-order chi connectivity index (χ1) is 12.0. The molecule has 0 amide bonds. The maximum Gasteiger partial charge on any atom is 0.249 e. The van der Waals surface area contributed by atoms with Gasteiger partial charge in [-0.25, -0.2) is 13.1 Å². The summed E-state index contributed by atoms with van der Waals surface area (Å²) in [4.78, 5) is 0.0268. The number of halogens is 2. The molecular weight excluding hydrogens is 385 g/mol. The molecule has 0 atom stereocenters. The summed E-state index contributed by atoms with van der Waals surface area (Å²) in [5.41, 5.74) is 0.625. The van der Waals surface area contributed by atoms with E-state index in [1.54, 1.807) is 30.3 Å². The molecule has 0 fully saturated rings. The van der Waals surface area contributed by atoms with E-state index in [1.807, 2.05) is 6.07 Å². The molecule has 3 aromatic rings. The molecule has 0 saturated heterocycles. The van der Waals surface area contributed by atoms with Gasteiger partial charge in [-0.05, 0) is 24.3 Å². The predicted molar refractivity (Wildman–Crippen MR) is 95.1 cm³/mol. The van der Waals surface area contributed by atoms with Crippen molar-refractivity contribution in [2.75, 3.05) is 6.54 Å². The lowest BCUT2D eigenvalue weighted by molar-refractivity contribution is 0.502. The Balaban J connectivity index is 1.65. The topological polar surface area (TPSA) is 85.1 Å². The predicted octanol–water partition coefficient (Wildman–Crippen LogP) is 3.56. The van der Waals surface area contributed by atoms with E-state index in [0.717, 1.165) is 0 Å². The van der Waals surface area contributed by atoms with Gasteiger partial charge < -0.3 is 4.42 Å². The highest BCUT2D eigenvalue weighted by Gasteiger charge is 2.17. The van der Waals surface area contributed by atoms with Gasteiger partial charge in [0.15, 0.2) is 0 Å². The number of aromatic nitrogens is 2. The van der Waals surface area contributed by atoms with Crippen LogP contribution in [0.15, 0.2) is 57.8 Å². The summed E-state index contributed by atoms with van der Waals surface area (Å²) in [6, 6.07) is 13.3. The molecule has 0 aliphatic rings. The van der Waals surface area contributed by atoms with Crippen LogP contribution in [0.3, 0.4) is 0 Å². The third-order valence-corrected chi connectivity index (χ3v) is 5.62. The summed E-state index contributed by atoms with van der Waals surface area (Å²) in [6.45, 7) is 0.0950. The molecule has 0 aliphatic heterocycles. The van der Waals surface area contributed by atoms with Crippen LogP contribution in [0.2, 0.25) is 10.0 Å². The van der Waals surface area contributed by atoms with Crippen molar-refractivity contribution in [3.8, 4) is 11.5 Å².